The fourth-order valence-corrected chi connectivity index (χ4v) is 2.54. The molecule has 0 bridgehead atoms. The fourth-order valence-electron chi connectivity index (χ4n) is 2.54. The molecule has 0 aliphatic rings. The first-order valence-electron chi connectivity index (χ1n) is 8.62. The molecular formula is C22H20FNO3. The zero-order chi connectivity index (χ0) is 19.6. The van der Waals surface area contributed by atoms with E-state index in [1.54, 1.807) is 57.2 Å². The first-order valence-corrected chi connectivity index (χ1v) is 8.62. The number of para-hydroxylation sites is 1. The Bertz CT molecular complexity index is 1000. The third-order valence-electron chi connectivity index (χ3n) is 4.25. The van der Waals surface area contributed by atoms with Gasteiger partial charge in [-0.2, -0.15) is 0 Å². The molecule has 0 N–H and O–H groups in total. The maximum Gasteiger partial charge on any atom is 0.339 e. The second-order valence-electron chi connectivity index (χ2n) is 7.33. The van der Waals surface area contributed by atoms with Crippen LogP contribution >= 0.6 is 0 Å². The highest BCUT2D eigenvalue weighted by Crippen LogP contribution is 2.26. The smallest absolute Gasteiger partial charge is 0.339 e. The summed E-state index contributed by atoms with van der Waals surface area (Å²) >= 11 is 0. The quantitative estimate of drug-likeness (QED) is 0.623. The molecule has 3 aromatic rings. The van der Waals surface area contributed by atoms with E-state index in [2.05, 4.69) is 4.98 Å². The number of benzene rings is 2. The van der Waals surface area contributed by atoms with Crippen molar-refractivity contribution in [1.29, 1.82) is 0 Å². The summed E-state index contributed by atoms with van der Waals surface area (Å²) in [5, 5.41) is 0.636. The number of hydrogen-bond donors (Lipinski definition) is 0. The van der Waals surface area contributed by atoms with E-state index in [1.807, 2.05) is 6.07 Å². The Hall–Kier alpha value is -3.08. The average molecular weight is 365 g/mol. The van der Waals surface area contributed by atoms with E-state index in [9.17, 15) is 14.0 Å². The topological polar surface area (TPSA) is 56.3 Å². The van der Waals surface area contributed by atoms with Crippen LogP contribution in [0.25, 0.3) is 22.2 Å². The van der Waals surface area contributed by atoms with E-state index in [4.69, 9.17) is 4.74 Å². The van der Waals surface area contributed by atoms with Crippen LogP contribution in [0.3, 0.4) is 0 Å². The van der Waals surface area contributed by atoms with Gasteiger partial charge in [0.05, 0.1) is 16.8 Å². The normalized spacial score (nSPS) is 11.4. The number of Topliss-reactive ketones (excluding diaryl/α,β-unsaturated/α-hetero) is 1. The summed E-state index contributed by atoms with van der Waals surface area (Å²) in [6.45, 7) is 5.04. The molecule has 0 unspecified atom stereocenters. The van der Waals surface area contributed by atoms with E-state index in [0.717, 1.165) is 0 Å². The van der Waals surface area contributed by atoms with Gasteiger partial charge in [0.25, 0.3) is 0 Å². The Morgan fingerprint density at radius 3 is 2.37 bits per heavy atom. The van der Waals surface area contributed by atoms with Gasteiger partial charge in [0.15, 0.2) is 12.4 Å². The van der Waals surface area contributed by atoms with E-state index in [0.29, 0.717) is 27.7 Å². The van der Waals surface area contributed by atoms with Crippen LogP contribution in [0.4, 0.5) is 4.39 Å². The van der Waals surface area contributed by atoms with E-state index in [-0.39, 0.29) is 18.2 Å². The van der Waals surface area contributed by atoms with E-state index >= 15 is 0 Å². The molecule has 0 aliphatic heterocycles. The van der Waals surface area contributed by atoms with E-state index in [1.165, 1.54) is 12.1 Å². The number of fused-ring (bicyclic) bond motifs is 1. The Morgan fingerprint density at radius 2 is 1.70 bits per heavy atom. The second-order valence-corrected chi connectivity index (χ2v) is 7.33. The van der Waals surface area contributed by atoms with Crippen LogP contribution in [0.15, 0.2) is 54.6 Å². The maximum absolute atomic E-state index is 13.2. The molecule has 3 rings (SSSR count). The number of ether oxygens (including phenoxy) is 1. The van der Waals surface area contributed by atoms with Gasteiger partial charge < -0.3 is 4.74 Å². The van der Waals surface area contributed by atoms with Crippen molar-refractivity contribution in [2.75, 3.05) is 6.61 Å². The van der Waals surface area contributed by atoms with Gasteiger partial charge in [0.2, 0.25) is 0 Å². The molecule has 0 spiro atoms. The minimum atomic E-state index is -0.588. The van der Waals surface area contributed by atoms with Crippen molar-refractivity contribution in [3.05, 3.63) is 66.0 Å². The van der Waals surface area contributed by atoms with Crippen LogP contribution < -0.4 is 0 Å². The standard InChI is InChI=1S/C22H20FNO3/c1-22(2,3)20(25)13-27-21(26)17-12-19(14-8-10-15(23)11-9-14)24-18-7-5-4-6-16(17)18/h4-12H,13H2,1-3H3. The molecular weight excluding hydrogens is 345 g/mol. The Kier molecular flexibility index (Phi) is 5.04. The molecule has 0 fully saturated rings. The number of nitrogens with zero attached hydrogens (tertiary/aromatic N) is 1. The number of esters is 1. The predicted molar refractivity (Wildman–Crippen MR) is 102 cm³/mol. The van der Waals surface area contributed by atoms with Crippen molar-refractivity contribution in [2.24, 2.45) is 5.41 Å². The molecule has 0 aliphatic carbocycles. The first kappa shape index (κ1) is 18.7. The Labute approximate surface area is 157 Å². The minimum Gasteiger partial charge on any atom is -0.454 e. The molecule has 4 nitrogen and oxygen atoms in total. The molecule has 0 radical (unpaired) electrons. The highest BCUT2D eigenvalue weighted by atomic mass is 19.1. The summed E-state index contributed by atoms with van der Waals surface area (Å²) in [6, 6.07) is 14.7. The molecule has 138 valence electrons. The van der Waals surface area contributed by atoms with Crippen LogP contribution in [0.1, 0.15) is 31.1 Å². The Balaban J connectivity index is 1.99. The van der Waals surface area contributed by atoms with Crippen molar-refractivity contribution in [3.63, 3.8) is 0 Å². The van der Waals surface area contributed by atoms with Gasteiger partial charge in [-0.25, -0.2) is 14.2 Å². The summed E-state index contributed by atoms with van der Waals surface area (Å²) in [5.41, 5.74) is 1.57. The lowest BCUT2D eigenvalue weighted by Gasteiger charge is -2.16. The molecule has 1 aromatic heterocycles. The monoisotopic (exact) mass is 365 g/mol. The van der Waals surface area contributed by atoms with Crippen LogP contribution in [-0.4, -0.2) is 23.3 Å². The SMILES string of the molecule is CC(C)(C)C(=O)COC(=O)c1cc(-c2ccc(F)cc2)nc2ccccc12. The predicted octanol–water partition coefficient (Wildman–Crippen LogP) is 4.81. The summed E-state index contributed by atoms with van der Waals surface area (Å²) in [5.74, 6) is -1.10. The zero-order valence-corrected chi connectivity index (χ0v) is 15.5. The highest BCUT2D eigenvalue weighted by molar-refractivity contribution is 6.05. The number of rotatable bonds is 4. The van der Waals surface area contributed by atoms with E-state index < -0.39 is 11.4 Å². The summed E-state index contributed by atoms with van der Waals surface area (Å²) in [6.07, 6.45) is 0. The van der Waals surface area contributed by atoms with Crippen molar-refractivity contribution in [2.45, 2.75) is 20.8 Å². The summed E-state index contributed by atoms with van der Waals surface area (Å²) in [4.78, 5) is 29.3. The van der Waals surface area contributed by atoms with Crippen molar-refractivity contribution in [1.82, 2.24) is 4.98 Å². The molecule has 5 heteroatoms. The van der Waals surface area contributed by atoms with Crippen LogP contribution in [0, 0.1) is 11.2 Å². The van der Waals surface area contributed by atoms with Crippen LogP contribution in [-0.2, 0) is 9.53 Å². The highest BCUT2D eigenvalue weighted by Gasteiger charge is 2.23. The minimum absolute atomic E-state index is 0.159. The molecule has 0 atom stereocenters. The van der Waals surface area contributed by atoms with Crippen molar-refractivity contribution >= 4 is 22.7 Å². The lowest BCUT2D eigenvalue weighted by Crippen LogP contribution is -2.26. The number of ketones is 1. The fraction of sp³-hybridized carbons (Fsp3) is 0.227. The molecule has 27 heavy (non-hydrogen) atoms. The van der Waals surface area contributed by atoms with Gasteiger partial charge in [-0.1, -0.05) is 39.0 Å². The number of halogens is 1. The van der Waals surface area contributed by atoms with Crippen LogP contribution in [0.2, 0.25) is 0 Å². The first-order chi connectivity index (χ1) is 12.8. The largest absolute Gasteiger partial charge is 0.454 e. The van der Waals surface area contributed by atoms with Gasteiger partial charge in [-0.05, 0) is 36.4 Å². The lowest BCUT2D eigenvalue weighted by atomic mass is 9.91. The van der Waals surface area contributed by atoms with Crippen molar-refractivity contribution < 1.29 is 18.7 Å². The molecule has 0 amide bonds. The summed E-state index contributed by atoms with van der Waals surface area (Å²) < 4.78 is 18.5. The van der Waals surface area contributed by atoms with Gasteiger partial charge >= 0.3 is 5.97 Å². The molecule has 0 saturated heterocycles. The van der Waals surface area contributed by atoms with Gasteiger partial charge in [-0.15, -0.1) is 0 Å². The number of carbonyl (C=O) groups excluding carboxylic acids is 2. The van der Waals surface area contributed by atoms with Crippen molar-refractivity contribution in [3.8, 4) is 11.3 Å². The summed E-state index contributed by atoms with van der Waals surface area (Å²) in [7, 11) is 0. The third kappa shape index (κ3) is 4.19. The lowest BCUT2D eigenvalue weighted by molar-refractivity contribution is -0.129. The average Bonchev–Trinajstić information content (AvgIpc) is 2.64. The molecule has 1 heterocycles. The number of aromatic nitrogens is 1. The molecule has 2 aromatic carbocycles. The zero-order valence-electron chi connectivity index (χ0n) is 15.5. The number of hydrogen-bond acceptors (Lipinski definition) is 4. The van der Waals surface area contributed by atoms with Gasteiger partial charge in [0, 0.05) is 16.4 Å². The van der Waals surface area contributed by atoms with Gasteiger partial charge in [-0.3, -0.25) is 4.79 Å². The number of pyridine rings is 1. The maximum atomic E-state index is 13.2. The van der Waals surface area contributed by atoms with Gasteiger partial charge in [0.1, 0.15) is 5.82 Å². The van der Waals surface area contributed by atoms with Crippen LogP contribution in [0.5, 0.6) is 0 Å². The Morgan fingerprint density at radius 1 is 1.04 bits per heavy atom. The second kappa shape index (κ2) is 7.27. The molecule has 0 saturated carbocycles. The third-order valence-corrected chi connectivity index (χ3v) is 4.25. The number of carbonyl (C=O) groups is 2.